The number of hydrogen-bond acceptors (Lipinski definition) is 0. The Balaban J connectivity index is 2.35. The van der Waals surface area contributed by atoms with Crippen LogP contribution >= 0.6 is 8.20 Å². The highest BCUT2D eigenvalue weighted by molar-refractivity contribution is 7.42. The molecule has 1 heteroatoms. The van der Waals surface area contributed by atoms with Gasteiger partial charge in [-0.3, -0.25) is 0 Å². The molecule has 0 N–H and O–H groups in total. The van der Waals surface area contributed by atoms with Crippen LogP contribution in [0.1, 0.15) is 67.2 Å². The molecule has 0 nitrogen and oxygen atoms in total. The zero-order valence-electron chi connectivity index (χ0n) is 11.9. The lowest BCUT2D eigenvalue weighted by Crippen LogP contribution is -2.40. The molecule has 2 unspecified atom stereocenters. The van der Waals surface area contributed by atoms with E-state index in [-0.39, 0.29) is 0 Å². The fourth-order valence-electron chi connectivity index (χ4n) is 3.63. The fraction of sp³-hybridized carbons (Fsp3) is 0.933. The molecule has 0 aromatic rings. The van der Waals surface area contributed by atoms with Gasteiger partial charge >= 0.3 is 0 Å². The Morgan fingerprint density at radius 2 is 1.75 bits per heavy atom. The lowest BCUT2D eigenvalue weighted by molar-refractivity contribution is 0.252. The average Bonchev–Trinajstić information content (AvgIpc) is 2.42. The van der Waals surface area contributed by atoms with E-state index in [0.717, 1.165) is 5.66 Å². The second-order valence-corrected chi connectivity index (χ2v) is 9.19. The van der Waals surface area contributed by atoms with Crippen LogP contribution in [0.5, 0.6) is 0 Å². The van der Waals surface area contributed by atoms with Gasteiger partial charge in [0.25, 0.3) is 0 Å². The van der Waals surface area contributed by atoms with Crippen LogP contribution in [0.2, 0.25) is 0 Å². The highest BCUT2D eigenvalue weighted by atomic mass is 31.1. The topological polar surface area (TPSA) is 0 Å². The van der Waals surface area contributed by atoms with Crippen LogP contribution in [0, 0.1) is 16.2 Å². The Hall–Kier alpha value is 0.170. The molecule has 0 amide bonds. The van der Waals surface area contributed by atoms with Crippen molar-refractivity contribution in [1.29, 1.82) is 0 Å². The molecular formula is C15H27P. The van der Waals surface area contributed by atoms with Gasteiger partial charge in [0.15, 0.2) is 0 Å². The third-order valence-electron chi connectivity index (χ3n) is 4.67. The van der Waals surface area contributed by atoms with E-state index in [9.17, 15) is 0 Å². The van der Waals surface area contributed by atoms with Gasteiger partial charge in [-0.2, -0.15) is 0 Å². The first-order chi connectivity index (χ1) is 7.15. The minimum absolute atomic E-state index is 0.477. The van der Waals surface area contributed by atoms with Gasteiger partial charge in [-0.25, -0.2) is 0 Å². The lowest BCUT2D eigenvalue weighted by Gasteiger charge is -2.43. The van der Waals surface area contributed by atoms with Crippen LogP contribution in [-0.2, 0) is 0 Å². The average molecular weight is 238 g/mol. The fourth-order valence-corrected chi connectivity index (χ4v) is 5.80. The summed E-state index contributed by atoms with van der Waals surface area (Å²) in [6.07, 6.45) is 5.70. The molecule has 0 bridgehead atoms. The summed E-state index contributed by atoms with van der Waals surface area (Å²) >= 11 is 0. The first-order valence-corrected chi connectivity index (χ1v) is 7.70. The van der Waals surface area contributed by atoms with Crippen molar-refractivity contribution in [3.05, 3.63) is 0 Å². The van der Waals surface area contributed by atoms with E-state index in [0.29, 0.717) is 16.2 Å². The van der Waals surface area contributed by atoms with Gasteiger partial charge in [-0.1, -0.05) is 48.0 Å². The minimum Gasteiger partial charge on any atom is -0.100 e. The predicted molar refractivity (Wildman–Crippen MR) is 75.5 cm³/mol. The van der Waals surface area contributed by atoms with Gasteiger partial charge in [0.2, 0.25) is 0 Å². The first-order valence-electron chi connectivity index (χ1n) is 6.74. The SMILES string of the molecule is CC1(C)CCCC2(C)CC(C(C)(C)C)P=C12. The molecule has 2 atom stereocenters. The summed E-state index contributed by atoms with van der Waals surface area (Å²) in [5, 5.41) is 1.87. The van der Waals surface area contributed by atoms with Crippen LogP contribution in [-0.4, -0.2) is 11.0 Å². The maximum Gasteiger partial charge on any atom is 0.00657 e. The van der Waals surface area contributed by atoms with E-state index in [1.807, 2.05) is 5.29 Å². The van der Waals surface area contributed by atoms with Crippen LogP contribution in [0.3, 0.4) is 0 Å². The quantitative estimate of drug-likeness (QED) is 0.513. The van der Waals surface area contributed by atoms with Crippen molar-refractivity contribution in [3.8, 4) is 0 Å². The van der Waals surface area contributed by atoms with Gasteiger partial charge in [-0.15, -0.1) is 8.20 Å². The van der Waals surface area contributed by atoms with Crippen molar-refractivity contribution in [2.45, 2.75) is 72.9 Å². The summed E-state index contributed by atoms with van der Waals surface area (Å²) in [4.78, 5) is 0. The van der Waals surface area contributed by atoms with E-state index in [1.54, 1.807) is 8.20 Å². The summed E-state index contributed by atoms with van der Waals surface area (Å²) in [7, 11) is 1.67. The largest absolute Gasteiger partial charge is 0.100 e. The predicted octanol–water partition coefficient (Wildman–Crippen LogP) is 5.14. The zero-order valence-corrected chi connectivity index (χ0v) is 12.7. The van der Waals surface area contributed by atoms with E-state index < -0.39 is 0 Å². The van der Waals surface area contributed by atoms with Crippen LogP contribution in [0.25, 0.3) is 0 Å². The maximum absolute atomic E-state index is 2.53. The molecule has 92 valence electrons. The molecule has 0 aromatic heterocycles. The van der Waals surface area contributed by atoms with E-state index in [1.165, 1.54) is 25.7 Å². The van der Waals surface area contributed by atoms with E-state index >= 15 is 0 Å². The molecular weight excluding hydrogens is 211 g/mol. The molecule has 1 aliphatic heterocycles. The number of hydrogen-bond donors (Lipinski definition) is 0. The Bertz CT molecular complexity index is 319. The molecule has 0 aromatic carbocycles. The molecule has 0 radical (unpaired) electrons. The minimum atomic E-state index is 0.477. The van der Waals surface area contributed by atoms with Crippen molar-refractivity contribution in [2.24, 2.45) is 16.2 Å². The normalized spacial score (nSPS) is 39.1. The van der Waals surface area contributed by atoms with Gasteiger partial charge in [0.05, 0.1) is 0 Å². The van der Waals surface area contributed by atoms with E-state index in [4.69, 9.17) is 0 Å². The zero-order chi connectivity index (χ0) is 12.2. The van der Waals surface area contributed by atoms with Crippen LogP contribution in [0.4, 0.5) is 0 Å². The van der Waals surface area contributed by atoms with Gasteiger partial charge in [-0.05, 0) is 40.8 Å². The Morgan fingerprint density at radius 3 is 2.25 bits per heavy atom. The van der Waals surface area contributed by atoms with Crippen molar-refractivity contribution in [2.75, 3.05) is 0 Å². The highest BCUT2D eigenvalue weighted by Gasteiger charge is 2.48. The van der Waals surface area contributed by atoms with E-state index in [2.05, 4.69) is 41.5 Å². The second kappa shape index (κ2) is 3.58. The molecule has 2 rings (SSSR count). The molecule has 16 heavy (non-hydrogen) atoms. The smallest absolute Gasteiger partial charge is 0.00657 e. The summed E-state index contributed by atoms with van der Waals surface area (Å²) in [6, 6.07) is 0. The van der Waals surface area contributed by atoms with Gasteiger partial charge < -0.3 is 0 Å². The lowest BCUT2D eigenvalue weighted by atomic mass is 9.62. The third-order valence-corrected chi connectivity index (χ3v) is 7.34. The first kappa shape index (κ1) is 12.6. The summed E-state index contributed by atoms with van der Waals surface area (Å²) in [5.74, 6) is 0. The number of rotatable bonds is 0. The molecule has 0 spiro atoms. The molecule has 1 heterocycles. The van der Waals surface area contributed by atoms with Gasteiger partial charge in [0.1, 0.15) is 0 Å². The van der Waals surface area contributed by atoms with Crippen molar-refractivity contribution < 1.29 is 0 Å². The second-order valence-electron chi connectivity index (χ2n) is 7.86. The third kappa shape index (κ3) is 1.99. The monoisotopic (exact) mass is 238 g/mol. The highest BCUT2D eigenvalue weighted by Crippen LogP contribution is 2.57. The molecule has 2 aliphatic rings. The van der Waals surface area contributed by atoms with Crippen molar-refractivity contribution >= 4 is 13.5 Å². The molecule has 1 saturated carbocycles. The Labute approximate surface area is 103 Å². The van der Waals surface area contributed by atoms with Crippen LogP contribution < -0.4 is 0 Å². The molecule has 0 saturated heterocycles. The Morgan fingerprint density at radius 1 is 1.12 bits per heavy atom. The summed E-state index contributed by atoms with van der Waals surface area (Å²) < 4.78 is 0. The van der Waals surface area contributed by atoms with Crippen LogP contribution in [0.15, 0.2) is 0 Å². The summed E-state index contributed by atoms with van der Waals surface area (Å²) in [6.45, 7) is 14.7. The Kier molecular flexibility index (Phi) is 2.82. The molecule has 1 fully saturated rings. The number of fused-ring (bicyclic) bond motifs is 1. The van der Waals surface area contributed by atoms with Crippen molar-refractivity contribution in [1.82, 2.24) is 0 Å². The standard InChI is InChI=1S/C15H27P/c1-13(2,3)11-10-15(6)9-7-8-14(4,5)12(15)16-11/h11H,7-10H2,1-6H3. The summed E-state index contributed by atoms with van der Waals surface area (Å²) in [5.41, 5.74) is 2.41. The maximum atomic E-state index is 2.53. The van der Waals surface area contributed by atoms with Gasteiger partial charge in [0, 0.05) is 5.66 Å². The van der Waals surface area contributed by atoms with Crippen molar-refractivity contribution in [3.63, 3.8) is 0 Å². The molecule has 1 aliphatic carbocycles.